The zero-order valence-electron chi connectivity index (χ0n) is 14.3. The summed E-state index contributed by atoms with van der Waals surface area (Å²) in [4.78, 5) is 20.8. The van der Waals surface area contributed by atoms with E-state index in [1.807, 2.05) is 0 Å². The summed E-state index contributed by atoms with van der Waals surface area (Å²) in [5.74, 6) is 1.19. The van der Waals surface area contributed by atoms with Crippen molar-refractivity contribution in [3.05, 3.63) is 35.9 Å². The molecule has 1 atom stereocenters. The molecular weight excluding hydrogens is 322 g/mol. The predicted molar refractivity (Wildman–Crippen MR) is 91.9 cm³/mol. The standard InChI is InChI=1S/C18H21N3O4/c1-23-15-10-16(24-2)21-17(20-15)12-5-7-13(8-6-12)18(22)19-11-14-4-3-9-25-14/h5-8,10,14H,3-4,9,11H2,1-2H3,(H,19,22). The minimum Gasteiger partial charge on any atom is -0.481 e. The molecular formula is C18H21N3O4. The summed E-state index contributed by atoms with van der Waals surface area (Å²) >= 11 is 0. The molecule has 132 valence electrons. The number of nitrogens with zero attached hydrogens (tertiary/aromatic N) is 2. The van der Waals surface area contributed by atoms with E-state index in [0.717, 1.165) is 25.0 Å². The lowest BCUT2D eigenvalue weighted by Crippen LogP contribution is -2.31. The van der Waals surface area contributed by atoms with E-state index < -0.39 is 0 Å². The largest absolute Gasteiger partial charge is 0.481 e. The predicted octanol–water partition coefficient (Wildman–Crippen LogP) is 2.07. The number of amides is 1. The molecule has 7 nitrogen and oxygen atoms in total. The summed E-state index contributed by atoms with van der Waals surface area (Å²) in [5, 5.41) is 2.90. The van der Waals surface area contributed by atoms with E-state index in [1.165, 1.54) is 14.2 Å². The second kappa shape index (κ2) is 7.94. The van der Waals surface area contributed by atoms with Gasteiger partial charge in [-0.05, 0) is 25.0 Å². The molecule has 1 aromatic heterocycles. The van der Waals surface area contributed by atoms with Gasteiger partial charge >= 0.3 is 0 Å². The highest BCUT2D eigenvalue weighted by Crippen LogP contribution is 2.22. The van der Waals surface area contributed by atoms with Crippen molar-refractivity contribution < 1.29 is 19.0 Å². The number of ether oxygens (including phenoxy) is 3. The highest BCUT2D eigenvalue weighted by Gasteiger charge is 2.17. The maximum atomic E-state index is 12.2. The van der Waals surface area contributed by atoms with E-state index in [2.05, 4.69) is 15.3 Å². The van der Waals surface area contributed by atoms with Gasteiger partial charge in [0.15, 0.2) is 5.82 Å². The molecule has 0 saturated carbocycles. The first-order chi connectivity index (χ1) is 12.2. The van der Waals surface area contributed by atoms with Gasteiger partial charge in [-0.15, -0.1) is 0 Å². The monoisotopic (exact) mass is 343 g/mol. The van der Waals surface area contributed by atoms with E-state index in [0.29, 0.717) is 29.7 Å². The van der Waals surface area contributed by atoms with Gasteiger partial charge in [-0.25, -0.2) is 0 Å². The van der Waals surface area contributed by atoms with Crippen LogP contribution in [0, 0.1) is 0 Å². The minimum atomic E-state index is -0.119. The van der Waals surface area contributed by atoms with Crippen molar-refractivity contribution in [2.24, 2.45) is 0 Å². The van der Waals surface area contributed by atoms with Crippen LogP contribution in [-0.4, -0.2) is 49.4 Å². The highest BCUT2D eigenvalue weighted by atomic mass is 16.5. The number of carbonyl (C=O) groups is 1. The summed E-state index contributed by atoms with van der Waals surface area (Å²) in [6, 6.07) is 8.70. The summed E-state index contributed by atoms with van der Waals surface area (Å²) in [6.07, 6.45) is 2.17. The lowest BCUT2D eigenvalue weighted by Gasteiger charge is -2.11. The number of aromatic nitrogens is 2. The summed E-state index contributed by atoms with van der Waals surface area (Å²) in [7, 11) is 3.07. The van der Waals surface area contributed by atoms with E-state index in [4.69, 9.17) is 14.2 Å². The van der Waals surface area contributed by atoms with Gasteiger partial charge in [0.2, 0.25) is 11.8 Å². The smallest absolute Gasteiger partial charge is 0.251 e. The summed E-state index contributed by atoms with van der Waals surface area (Å²) in [6.45, 7) is 1.32. The average Bonchev–Trinajstić information content (AvgIpc) is 3.19. The van der Waals surface area contributed by atoms with Gasteiger partial charge in [-0.2, -0.15) is 9.97 Å². The molecule has 0 radical (unpaired) electrons. The second-order valence-corrected chi connectivity index (χ2v) is 5.70. The third-order valence-corrected chi connectivity index (χ3v) is 4.02. The lowest BCUT2D eigenvalue weighted by molar-refractivity contribution is 0.0858. The molecule has 0 aliphatic carbocycles. The molecule has 0 bridgehead atoms. The molecule has 1 unspecified atom stereocenters. The van der Waals surface area contributed by atoms with Crippen LogP contribution in [0.2, 0.25) is 0 Å². The number of benzene rings is 1. The van der Waals surface area contributed by atoms with E-state index >= 15 is 0 Å². The van der Waals surface area contributed by atoms with Crippen LogP contribution < -0.4 is 14.8 Å². The van der Waals surface area contributed by atoms with Crippen LogP contribution in [-0.2, 0) is 4.74 Å². The molecule has 2 heterocycles. The number of hydrogen-bond donors (Lipinski definition) is 1. The first kappa shape index (κ1) is 17.2. The maximum absolute atomic E-state index is 12.2. The van der Waals surface area contributed by atoms with Gasteiger partial charge < -0.3 is 19.5 Å². The fourth-order valence-electron chi connectivity index (χ4n) is 2.63. The van der Waals surface area contributed by atoms with Crippen LogP contribution in [0.3, 0.4) is 0 Å². The fourth-order valence-corrected chi connectivity index (χ4v) is 2.63. The van der Waals surface area contributed by atoms with Crippen LogP contribution in [0.1, 0.15) is 23.2 Å². The Balaban J connectivity index is 1.70. The molecule has 0 spiro atoms. The van der Waals surface area contributed by atoms with Gasteiger partial charge in [0.1, 0.15) is 0 Å². The van der Waals surface area contributed by atoms with Crippen LogP contribution in [0.25, 0.3) is 11.4 Å². The molecule has 3 rings (SSSR count). The van der Waals surface area contributed by atoms with Crippen molar-refractivity contribution in [3.8, 4) is 23.1 Å². The molecule has 7 heteroatoms. The van der Waals surface area contributed by atoms with Crippen LogP contribution >= 0.6 is 0 Å². The van der Waals surface area contributed by atoms with Gasteiger partial charge in [-0.1, -0.05) is 12.1 Å². The Morgan fingerprint density at radius 1 is 1.20 bits per heavy atom. The molecule has 1 N–H and O–H groups in total. The fraction of sp³-hybridized carbons (Fsp3) is 0.389. The SMILES string of the molecule is COc1cc(OC)nc(-c2ccc(C(=O)NCC3CCCO3)cc2)n1. The Morgan fingerprint density at radius 3 is 2.44 bits per heavy atom. The number of methoxy groups -OCH3 is 2. The molecule has 1 aliphatic rings. The maximum Gasteiger partial charge on any atom is 0.251 e. The Hall–Kier alpha value is -2.67. The van der Waals surface area contributed by atoms with E-state index in [9.17, 15) is 4.79 Å². The molecule has 1 aliphatic heterocycles. The van der Waals surface area contributed by atoms with Gasteiger partial charge in [-0.3, -0.25) is 4.79 Å². The third kappa shape index (κ3) is 4.24. The number of rotatable bonds is 6. The molecule has 1 amide bonds. The van der Waals surface area contributed by atoms with Crippen LogP contribution in [0.5, 0.6) is 11.8 Å². The normalized spacial score (nSPS) is 16.5. The van der Waals surface area contributed by atoms with Gasteiger partial charge in [0, 0.05) is 24.3 Å². The molecule has 1 fully saturated rings. The Kier molecular flexibility index (Phi) is 5.45. The van der Waals surface area contributed by atoms with Gasteiger partial charge in [0.05, 0.1) is 26.4 Å². The lowest BCUT2D eigenvalue weighted by atomic mass is 10.1. The summed E-state index contributed by atoms with van der Waals surface area (Å²) in [5.41, 5.74) is 1.35. The summed E-state index contributed by atoms with van der Waals surface area (Å²) < 4.78 is 15.8. The third-order valence-electron chi connectivity index (χ3n) is 4.02. The van der Waals surface area contributed by atoms with Crippen LogP contribution in [0.4, 0.5) is 0 Å². The average molecular weight is 343 g/mol. The van der Waals surface area contributed by atoms with E-state index in [-0.39, 0.29) is 12.0 Å². The minimum absolute atomic E-state index is 0.119. The zero-order valence-corrected chi connectivity index (χ0v) is 14.3. The molecule has 2 aromatic rings. The Bertz CT molecular complexity index is 705. The first-order valence-electron chi connectivity index (χ1n) is 8.17. The number of carbonyl (C=O) groups excluding carboxylic acids is 1. The quantitative estimate of drug-likeness (QED) is 0.865. The van der Waals surface area contributed by atoms with Gasteiger partial charge in [0.25, 0.3) is 5.91 Å². The molecule has 1 aromatic carbocycles. The Labute approximate surface area is 146 Å². The van der Waals surface area contributed by atoms with Crippen molar-refractivity contribution in [2.45, 2.75) is 18.9 Å². The van der Waals surface area contributed by atoms with Crippen molar-refractivity contribution in [1.82, 2.24) is 15.3 Å². The topological polar surface area (TPSA) is 82.6 Å². The number of nitrogens with one attached hydrogen (secondary N) is 1. The molecule has 25 heavy (non-hydrogen) atoms. The Morgan fingerprint density at radius 2 is 1.88 bits per heavy atom. The van der Waals surface area contributed by atoms with Crippen molar-refractivity contribution in [2.75, 3.05) is 27.4 Å². The number of hydrogen-bond acceptors (Lipinski definition) is 6. The van der Waals surface area contributed by atoms with Crippen molar-refractivity contribution in [1.29, 1.82) is 0 Å². The van der Waals surface area contributed by atoms with Crippen molar-refractivity contribution >= 4 is 5.91 Å². The van der Waals surface area contributed by atoms with Crippen LogP contribution in [0.15, 0.2) is 30.3 Å². The van der Waals surface area contributed by atoms with Crippen molar-refractivity contribution in [3.63, 3.8) is 0 Å². The zero-order chi connectivity index (χ0) is 17.6. The second-order valence-electron chi connectivity index (χ2n) is 5.70. The molecule has 1 saturated heterocycles. The van der Waals surface area contributed by atoms with E-state index in [1.54, 1.807) is 30.3 Å². The first-order valence-corrected chi connectivity index (χ1v) is 8.17. The highest BCUT2D eigenvalue weighted by molar-refractivity contribution is 5.94.